The maximum atomic E-state index is 11.7. The highest BCUT2D eigenvalue weighted by Gasteiger charge is 2.42. The highest BCUT2D eigenvalue weighted by molar-refractivity contribution is 5.78. The number of esters is 1. The second kappa shape index (κ2) is 12.1. The van der Waals surface area contributed by atoms with E-state index in [-0.39, 0.29) is 24.1 Å². The van der Waals surface area contributed by atoms with Crippen molar-refractivity contribution in [3.8, 4) is 0 Å². The minimum Gasteiger partial charge on any atom is -0.461 e. The van der Waals surface area contributed by atoms with E-state index in [0.29, 0.717) is 6.42 Å². The molecule has 1 aliphatic rings. The van der Waals surface area contributed by atoms with Crippen molar-refractivity contribution < 1.29 is 14.6 Å². The summed E-state index contributed by atoms with van der Waals surface area (Å²) in [5, 5.41) is 10.3. The first-order valence-electron chi connectivity index (χ1n) is 10.6. The molecule has 1 fully saturated rings. The van der Waals surface area contributed by atoms with E-state index in [1.165, 1.54) is 51.4 Å². The number of ether oxygens (including phenoxy) is 1. The zero-order valence-electron chi connectivity index (χ0n) is 16.4. The maximum Gasteiger partial charge on any atom is 0.313 e. The highest BCUT2D eigenvalue weighted by Crippen LogP contribution is 2.30. The Balaban J connectivity index is 1.53. The molecule has 0 aliphatic carbocycles. The lowest BCUT2D eigenvalue weighted by Gasteiger charge is -2.36. The van der Waals surface area contributed by atoms with Gasteiger partial charge in [0.1, 0.15) is 6.10 Å². The van der Waals surface area contributed by atoms with Crippen molar-refractivity contribution in [3.05, 3.63) is 35.9 Å². The number of carbonyl (C=O) groups is 1. The molecule has 1 aliphatic heterocycles. The van der Waals surface area contributed by atoms with Crippen molar-refractivity contribution in [1.82, 2.24) is 0 Å². The Labute approximate surface area is 159 Å². The van der Waals surface area contributed by atoms with Gasteiger partial charge in [-0.25, -0.2) is 0 Å². The molecule has 1 aromatic rings. The molecule has 2 rings (SSSR count). The van der Waals surface area contributed by atoms with Gasteiger partial charge >= 0.3 is 5.97 Å². The summed E-state index contributed by atoms with van der Waals surface area (Å²) in [7, 11) is 0. The molecule has 0 bridgehead atoms. The number of carbonyl (C=O) groups excluding carboxylic acids is 1. The molecular weight excluding hydrogens is 324 g/mol. The van der Waals surface area contributed by atoms with Crippen LogP contribution in [-0.4, -0.2) is 23.3 Å². The monoisotopic (exact) mass is 360 g/mol. The smallest absolute Gasteiger partial charge is 0.313 e. The number of benzene rings is 1. The summed E-state index contributed by atoms with van der Waals surface area (Å²) < 4.78 is 5.29. The lowest BCUT2D eigenvalue weighted by atomic mass is 9.86. The molecule has 146 valence electrons. The molecule has 0 radical (unpaired) electrons. The van der Waals surface area contributed by atoms with Crippen LogP contribution < -0.4 is 0 Å². The largest absolute Gasteiger partial charge is 0.461 e. The van der Waals surface area contributed by atoms with Crippen LogP contribution in [0.2, 0.25) is 0 Å². The van der Waals surface area contributed by atoms with E-state index in [9.17, 15) is 9.90 Å². The number of aliphatic hydroxyl groups excluding tert-OH is 1. The number of unbranched alkanes of at least 4 members (excludes halogenated alkanes) is 8. The zero-order chi connectivity index (χ0) is 18.6. The molecule has 1 unspecified atom stereocenters. The second-order valence-corrected chi connectivity index (χ2v) is 7.78. The quantitative estimate of drug-likeness (QED) is 0.355. The van der Waals surface area contributed by atoms with E-state index in [4.69, 9.17) is 4.74 Å². The molecular formula is C23H36O3. The Morgan fingerprint density at radius 1 is 0.962 bits per heavy atom. The maximum absolute atomic E-state index is 11.7. The molecule has 1 N–H and O–H groups in total. The summed E-state index contributed by atoms with van der Waals surface area (Å²) in [6.07, 6.45) is 13.3. The number of hydrogen-bond acceptors (Lipinski definition) is 3. The normalized spacial score (nSPS) is 20.5. The molecule has 1 aromatic carbocycles. The van der Waals surface area contributed by atoms with Gasteiger partial charge in [0, 0.05) is 6.42 Å². The van der Waals surface area contributed by atoms with Crippen LogP contribution >= 0.6 is 0 Å². The Morgan fingerprint density at radius 2 is 1.58 bits per heavy atom. The minimum absolute atomic E-state index is 0.0878. The summed E-state index contributed by atoms with van der Waals surface area (Å²) in [4.78, 5) is 11.7. The Kier molecular flexibility index (Phi) is 9.76. The third-order valence-electron chi connectivity index (χ3n) is 5.46. The van der Waals surface area contributed by atoms with Crippen molar-refractivity contribution in [1.29, 1.82) is 0 Å². The van der Waals surface area contributed by atoms with Crippen LogP contribution in [0.25, 0.3) is 0 Å². The van der Waals surface area contributed by atoms with Gasteiger partial charge in [-0.2, -0.15) is 0 Å². The molecule has 26 heavy (non-hydrogen) atoms. The van der Waals surface area contributed by atoms with Crippen LogP contribution in [0, 0.1) is 5.92 Å². The number of cyclic esters (lactones) is 1. The fraction of sp³-hybridized carbons (Fsp3) is 0.696. The van der Waals surface area contributed by atoms with Gasteiger partial charge in [0.05, 0.1) is 12.0 Å². The van der Waals surface area contributed by atoms with Crippen molar-refractivity contribution in [2.24, 2.45) is 5.92 Å². The SMILES string of the molecule is CCCCCCCCCCCC(O)C[C@@H]1OC(=O)[C@H]1Cc1ccccc1. The van der Waals surface area contributed by atoms with Gasteiger partial charge in [-0.15, -0.1) is 0 Å². The number of hydrogen-bond donors (Lipinski definition) is 1. The molecule has 3 nitrogen and oxygen atoms in total. The summed E-state index contributed by atoms with van der Waals surface area (Å²) in [6, 6.07) is 10.1. The number of aliphatic hydroxyl groups is 1. The topological polar surface area (TPSA) is 46.5 Å². The van der Waals surface area contributed by atoms with E-state index >= 15 is 0 Å². The van der Waals surface area contributed by atoms with E-state index in [2.05, 4.69) is 6.92 Å². The Hall–Kier alpha value is -1.35. The van der Waals surface area contributed by atoms with Crippen LogP contribution in [0.15, 0.2) is 30.3 Å². The van der Waals surface area contributed by atoms with Crippen molar-refractivity contribution in [3.63, 3.8) is 0 Å². The first-order chi connectivity index (χ1) is 12.7. The van der Waals surface area contributed by atoms with Crippen molar-refractivity contribution in [2.75, 3.05) is 0 Å². The van der Waals surface area contributed by atoms with Gasteiger partial charge in [0.15, 0.2) is 0 Å². The van der Waals surface area contributed by atoms with Gasteiger partial charge in [0.25, 0.3) is 0 Å². The van der Waals surface area contributed by atoms with Crippen molar-refractivity contribution >= 4 is 5.97 Å². The summed E-state index contributed by atoms with van der Waals surface area (Å²) in [5.41, 5.74) is 1.16. The summed E-state index contributed by atoms with van der Waals surface area (Å²) in [6.45, 7) is 2.25. The molecule has 0 saturated carbocycles. The van der Waals surface area contributed by atoms with Crippen LogP contribution in [-0.2, 0) is 16.0 Å². The predicted molar refractivity (Wildman–Crippen MR) is 106 cm³/mol. The second-order valence-electron chi connectivity index (χ2n) is 7.78. The lowest BCUT2D eigenvalue weighted by molar-refractivity contribution is -0.187. The minimum atomic E-state index is -0.351. The van der Waals surface area contributed by atoms with E-state index in [1.54, 1.807) is 0 Å². The first-order valence-corrected chi connectivity index (χ1v) is 10.6. The zero-order valence-corrected chi connectivity index (χ0v) is 16.4. The van der Waals surface area contributed by atoms with Crippen LogP contribution in [0.3, 0.4) is 0 Å². The molecule has 0 amide bonds. The molecule has 3 heteroatoms. The van der Waals surface area contributed by atoms with E-state index in [1.807, 2.05) is 30.3 Å². The van der Waals surface area contributed by atoms with Gasteiger partial charge in [-0.3, -0.25) is 4.79 Å². The first kappa shape index (κ1) is 21.0. The standard InChI is InChI=1S/C23H36O3/c1-2-3-4-5-6-7-8-9-13-16-20(24)18-22-21(23(25)26-22)17-19-14-11-10-12-15-19/h10-12,14-15,20-22,24H,2-9,13,16-18H2,1H3/t20?,21-,22-/m0/s1. The van der Waals surface area contributed by atoms with Crippen molar-refractivity contribution in [2.45, 2.75) is 96.2 Å². The fourth-order valence-corrected chi connectivity index (χ4v) is 3.77. The fourth-order valence-electron chi connectivity index (χ4n) is 3.77. The van der Waals surface area contributed by atoms with Crippen LogP contribution in [0.5, 0.6) is 0 Å². The Morgan fingerprint density at radius 3 is 2.19 bits per heavy atom. The van der Waals surface area contributed by atoms with Crippen LogP contribution in [0.1, 0.15) is 83.1 Å². The average molecular weight is 361 g/mol. The van der Waals surface area contributed by atoms with Crippen LogP contribution in [0.4, 0.5) is 0 Å². The highest BCUT2D eigenvalue weighted by atomic mass is 16.6. The average Bonchev–Trinajstić information content (AvgIpc) is 2.65. The van der Waals surface area contributed by atoms with Gasteiger partial charge in [0.2, 0.25) is 0 Å². The summed E-state index contributed by atoms with van der Waals surface area (Å²) in [5.74, 6) is -0.204. The van der Waals surface area contributed by atoms with E-state index < -0.39 is 0 Å². The predicted octanol–water partition coefficient (Wildman–Crippen LogP) is 5.44. The lowest BCUT2D eigenvalue weighted by Crippen LogP contribution is -2.47. The molecule has 3 atom stereocenters. The van der Waals surface area contributed by atoms with Gasteiger partial charge in [-0.1, -0.05) is 95.0 Å². The van der Waals surface area contributed by atoms with Gasteiger partial charge < -0.3 is 9.84 Å². The number of rotatable bonds is 14. The Bertz CT molecular complexity index is 499. The molecule has 0 aromatic heterocycles. The molecule has 0 spiro atoms. The third kappa shape index (κ3) is 7.49. The molecule has 1 saturated heterocycles. The third-order valence-corrected chi connectivity index (χ3v) is 5.46. The van der Waals surface area contributed by atoms with Gasteiger partial charge in [-0.05, 0) is 18.4 Å². The van der Waals surface area contributed by atoms with E-state index in [0.717, 1.165) is 24.8 Å². The summed E-state index contributed by atoms with van der Waals surface area (Å²) >= 11 is 0. The molecule has 1 heterocycles.